The van der Waals surface area contributed by atoms with Gasteiger partial charge in [0, 0.05) is 44.0 Å². The van der Waals surface area contributed by atoms with E-state index in [0.717, 1.165) is 50.9 Å². The fourth-order valence-electron chi connectivity index (χ4n) is 3.59. The number of anilines is 1. The lowest BCUT2D eigenvalue weighted by atomic mass is 10.1. The molecular formula is C24H25N7O2S. The van der Waals surface area contributed by atoms with Crippen LogP contribution in [0.5, 0.6) is 0 Å². The number of carbonyl (C=O) groups is 1. The molecule has 0 aliphatic heterocycles. The number of methoxy groups -OCH3 is 1. The van der Waals surface area contributed by atoms with Crippen LogP contribution in [0.3, 0.4) is 0 Å². The van der Waals surface area contributed by atoms with E-state index in [0.29, 0.717) is 5.56 Å². The van der Waals surface area contributed by atoms with Crippen LogP contribution in [0.4, 0.5) is 5.69 Å². The summed E-state index contributed by atoms with van der Waals surface area (Å²) < 4.78 is 6.03. The summed E-state index contributed by atoms with van der Waals surface area (Å²) in [5.41, 5.74) is 4.74. The second kappa shape index (κ2) is 10.1. The van der Waals surface area contributed by atoms with Crippen molar-refractivity contribution in [3.8, 4) is 28.0 Å². The summed E-state index contributed by atoms with van der Waals surface area (Å²) in [5, 5.41) is 27.3. The van der Waals surface area contributed by atoms with Crippen LogP contribution in [0.2, 0.25) is 0 Å². The zero-order valence-corrected chi connectivity index (χ0v) is 20.2. The van der Waals surface area contributed by atoms with Gasteiger partial charge in [-0.15, -0.1) is 10.2 Å². The van der Waals surface area contributed by atoms with Crippen molar-refractivity contribution < 1.29 is 9.53 Å². The Morgan fingerprint density at radius 2 is 2.06 bits per heavy atom. The number of nitrogens with one attached hydrogen (secondary N) is 1. The lowest BCUT2D eigenvalue weighted by Crippen LogP contribution is -2.11. The highest BCUT2D eigenvalue weighted by molar-refractivity contribution is 7.14. The zero-order chi connectivity index (χ0) is 24.2. The summed E-state index contributed by atoms with van der Waals surface area (Å²) >= 11 is 1.52. The fraction of sp³-hybridized carbons (Fsp3) is 0.333. The Morgan fingerprint density at radius 3 is 2.74 bits per heavy atom. The van der Waals surface area contributed by atoms with Gasteiger partial charge in [-0.05, 0) is 44.5 Å². The van der Waals surface area contributed by atoms with E-state index in [1.165, 1.54) is 11.3 Å². The smallest absolute Gasteiger partial charge is 0.151 e. The standard InChI is InChI=1S/C22H19N7OS.C2H6O/c1-12(2)26-18-7-19(20-4-3-15-5-13(8-23)9-25-29(15)20)24-10-17(18)22-28-27-21(31-22)16-6-14(16)11-30;1-3-2/h3-5,7,9-12,14,16H,6H2,1-2H3,(H,24,26);1-2H3. The van der Waals surface area contributed by atoms with Gasteiger partial charge in [-0.25, -0.2) is 4.52 Å². The minimum absolute atomic E-state index is 0.0752. The van der Waals surface area contributed by atoms with Crippen molar-refractivity contribution in [3.05, 3.63) is 47.2 Å². The SMILES string of the molecule is CC(C)Nc1cc(-c2ccc3cc(C#N)cnn23)ncc1-c1nnc(C2CC2C=O)s1.COC. The van der Waals surface area contributed by atoms with Gasteiger partial charge < -0.3 is 14.8 Å². The molecule has 0 bridgehead atoms. The Bertz CT molecular complexity index is 1360. The highest BCUT2D eigenvalue weighted by Crippen LogP contribution is 2.48. The minimum Gasteiger partial charge on any atom is -0.388 e. The molecule has 4 heterocycles. The van der Waals surface area contributed by atoms with E-state index in [-0.39, 0.29) is 17.9 Å². The number of hydrogen-bond donors (Lipinski definition) is 1. The van der Waals surface area contributed by atoms with E-state index >= 15 is 0 Å². The number of rotatable bonds is 6. The van der Waals surface area contributed by atoms with Gasteiger partial charge in [-0.1, -0.05) is 11.3 Å². The van der Waals surface area contributed by atoms with E-state index in [2.05, 4.69) is 50.3 Å². The van der Waals surface area contributed by atoms with Gasteiger partial charge in [-0.3, -0.25) is 4.98 Å². The van der Waals surface area contributed by atoms with Crippen molar-refractivity contribution in [3.63, 3.8) is 0 Å². The topological polar surface area (TPSA) is 118 Å². The Morgan fingerprint density at radius 1 is 1.26 bits per heavy atom. The maximum Gasteiger partial charge on any atom is 0.151 e. The monoisotopic (exact) mass is 475 g/mol. The molecular weight excluding hydrogens is 450 g/mol. The van der Waals surface area contributed by atoms with Crippen molar-refractivity contribution in [1.82, 2.24) is 24.8 Å². The quantitative estimate of drug-likeness (QED) is 0.413. The highest BCUT2D eigenvalue weighted by atomic mass is 32.1. The van der Waals surface area contributed by atoms with E-state index in [1.54, 1.807) is 37.2 Å². The number of ether oxygens (including phenoxy) is 1. The average molecular weight is 476 g/mol. The van der Waals surface area contributed by atoms with Crippen LogP contribution in [-0.4, -0.2) is 51.3 Å². The Labute approximate surface area is 201 Å². The number of pyridine rings is 1. The molecule has 2 atom stereocenters. The van der Waals surface area contributed by atoms with Crippen LogP contribution < -0.4 is 5.32 Å². The number of nitrogens with zero attached hydrogens (tertiary/aromatic N) is 6. The largest absolute Gasteiger partial charge is 0.388 e. The summed E-state index contributed by atoms with van der Waals surface area (Å²) in [4.78, 5) is 15.7. The summed E-state index contributed by atoms with van der Waals surface area (Å²) in [6.45, 7) is 4.15. The molecule has 10 heteroatoms. The van der Waals surface area contributed by atoms with Crippen LogP contribution in [0.1, 0.15) is 36.8 Å². The number of fused-ring (bicyclic) bond motifs is 1. The van der Waals surface area contributed by atoms with Crippen molar-refractivity contribution in [2.24, 2.45) is 5.92 Å². The van der Waals surface area contributed by atoms with E-state index in [4.69, 9.17) is 5.26 Å². The van der Waals surface area contributed by atoms with Crippen LogP contribution in [-0.2, 0) is 9.53 Å². The predicted octanol–water partition coefficient (Wildman–Crippen LogP) is 4.17. The molecule has 1 N–H and O–H groups in total. The minimum atomic E-state index is 0.0752. The van der Waals surface area contributed by atoms with Crippen molar-refractivity contribution in [2.75, 3.05) is 19.5 Å². The first-order valence-corrected chi connectivity index (χ1v) is 11.6. The number of nitriles is 1. The lowest BCUT2D eigenvalue weighted by Gasteiger charge is -2.14. The first-order valence-electron chi connectivity index (χ1n) is 10.8. The summed E-state index contributed by atoms with van der Waals surface area (Å²) in [5.74, 6) is 0.278. The molecule has 0 radical (unpaired) electrons. The number of aromatic nitrogens is 5. The fourth-order valence-corrected chi connectivity index (χ4v) is 4.65. The molecule has 0 aromatic carbocycles. The van der Waals surface area contributed by atoms with Gasteiger partial charge >= 0.3 is 0 Å². The molecule has 0 amide bonds. The average Bonchev–Trinajstić information content (AvgIpc) is 3.24. The molecule has 1 aliphatic carbocycles. The number of carbonyl (C=O) groups excluding carboxylic acids is 1. The molecule has 9 nitrogen and oxygen atoms in total. The first-order chi connectivity index (χ1) is 16.5. The predicted molar refractivity (Wildman–Crippen MR) is 131 cm³/mol. The molecule has 5 rings (SSSR count). The van der Waals surface area contributed by atoms with Crippen molar-refractivity contribution in [1.29, 1.82) is 5.26 Å². The third kappa shape index (κ3) is 4.81. The molecule has 4 aromatic heterocycles. The molecule has 2 unspecified atom stereocenters. The van der Waals surface area contributed by atoms with Crippen LogP contribution in [0.15, 0.2) is 36.7 Å². The number of hydrogen-bond acceptors (Lipinski definition) is 9. The van der Waals surface area contributed by atoms with Gasteiger partial charge in [0.2, 0.25) is 0 Å². The van der Waals surface area contributed by atoms with E-state index in [9.17, 15) is 4.79 Å². The maximum absolute atomic E-state index is 11.0. The van der Waals surface area contributed by atoms with Crippen molar-refractivity contribution >= 4 is 28.8 Å². The molecule has 0 spiro atoms. The van der Waals surface area contributed by atoms with Gasteiger partial charge in [0.1, 0.15) is 17.4 Å². The normalized spacial score (nSPS) is 16.6. The molecule has 4 aromatic rings. The summed E-state index contributed by atoms with van der Waals surface area (Å²) in [7, 11) is 3.25. The molecule has 1 saturated carbocycles. The van der Waals surface area contributed by atoms with Gasteiger partial charge in [0.15, 0.2) is 5.01 Å². The molecule has 1 fully saturated rings. The zero-order valence-electron chi connectivity index (χ0n) is 19.4. The number of aldehydes is 1. The van der Waals surface area contributed by atoms with Gasteiger partial charge in [-0.2, -0.15) is 10.4 Å². The molecule has 0 saturated heterocycles. The van der Waals surface area contributed by atoms with Gasteiger partial charge in [0.25, 0.3) is 0 Å². The summed E-state index contributed by atoms with van der Waals surface area (Å²) in [6, 6.07) is 9.98. The Kier molecular flexibility index (Phi) is 6.95. The first kappa shape index (κ1) is 23.5. The van der Waals surface area contributed by atoms with Crippen molar-refractivity contribution in [2.45, 2.75) is 32.2 Å². The van der Waals surface area contributed by atoms with Crippen LogP contribution in [0.25, 0.3) is 27.5 Å². The maximum atomic E-state index is 11.0. The van der Waals surface area contributed by atoms with Crippen LogP contribution in [0, 0.1) is 17.2 Å². The van der Waals surface area contributed by atoms with E-state index < -0.39 is 0 Å². The highest BCUT2D eigenvalue weighted by Gasteiger charge is 2.41. The van der Waals surface area contributed by atoms with Gasteiger partial charge in [0.05, 0.1) is 34.2 Å². The van der Waals surface area contributed by atoms with Crippen LogP contribution >= 0.6 is 11.3 Å². The Balaban J connectivity index is 0.000000868. The molecule has 34 heavy (non-hydrogen) atoms. The Hall–Kier alpha value is -3.68. The third-order valence-electron chi connectivity index (χ3n) is 5.24. The molecule has 1 aliphatic rings. The third-order valence-corrected chi connectivity index (χ3v) is 6.33. The van der Waals surface area contributed by atoms with E-state index in [1.807, 2.05) is 18.2 Å². The summed E-state index contributed by atoms with van der Waals surface area (Å²) in [6.07, 6.45) is 5.21. The second-order valence-corrected chi connectivity index (χ2v) is 9.33. The second-order valence-electron chi connectivity index (χ2n) is 8.32. The lowest BCUT2D eigenvalue weighted by molar-refractivity contribution is -0.108. The molecule has 174 valence electrons.